The van der Waals surface area contributed by atoms with E-state index < -0.39 is 0 Å². The molecule has 3 rings (SSSR count). The van der Waals surface area contributed by atoms with E-state index in [4.69, 9.17) is 4.74 Å². The van der Waals surface area contributed by atoms with Crippen molar-refractivity contribution in [1.82, 2.24) is 5.32 Å². The van der Waals surface area contributed by atoms with Crippen molar-refractivity contribution in [3.63, 3.8) is 0 Å². The van der Waals surface area contributed by atoms with Crippen molar-refractivity contribution in [2.45, 2.75) is 20.4 Å². The SMILES string of the molecule is CC(=O)Nc1ccc(C(=O)NCc2cccc(C)c2)c(N2CCOCC2)c1. The zero-order valence-electron chi connectivity index (χ0n) is 15.7. The van der Waals surface area contributed by atoms with Gasteiger partial charge in [-0.3, -0.25) is 9.59 Å². The number of amides is 2. The Morgan fingerprint density at radius 1 is 1.11 bits per heavy atom. The number of carbonyl (C=O) groups is 2. The minimum atomic E-state index is -0.139. The summed E-state index contributed by atoms with van der Waals surface area (Å²) in [7, 11) is 0. The van der Waals surface area contributed by atoms with Gasteiger partial charge in [0.05, 0.1) is 24.5 Å². The molecular weight excluding hydrogens is 342 g/mol. The molecule has 1 heterocycles. The summed E-state index contributed by atoms with van der Waals surface area (Å²) >= 11 is 0. The Morgan fingerprint density at radius 2 is 1.89 bits per heavy atom. The van der Waals surface area contributed by atoms with Gasteiger partial charge in [0.1, 0.15) is 0 Å². The molecule has 0 atom stereocenters. The van der Waals surface area contributed by atoms with Crippen LogP contribution in [0.5, 0.6) is 0 Å². The Balaban J connectivity index is 1.81. The van der Waals surface area contributed by atoms with E-state index in [9.17, 15) is 9.59 Å². The van der Waals surface area contributed by atoms with Gasteiger partial charge in [0.2, 0.25) is 5.91 Å². The first-order valence-electron chi connectivity index (χ1n) is 9.11. The van der Waals surface area contributed by atoms with E-state index in [2.05, 4.69) is 21.6 Å². The number of morpholine rings is 1. The highest BCUT2D eigenvalue weighted by atomic mass is 16.5. The van der Waals surface area contributed by atoms with Crippen LogP contribution in [-0.4, -0.2) is 38.1 Å². The van der Waals surface area contributed by atoms with Gasteiger partial charge >= 0.3 is 0 Å². The van der Waals surface area contributed by atoms with Gasteiger partial charge in [-0.25, -0.2) is 0 Å². The van der Waals surface area contributed by atoms with Gasteiger partial charge in [0, 0.05) is 32.2 Å². The summed E-state index contributed by atoms with van der Waals surface area (Å²) in [6.07, 6.45) is 0. The first-order chi connectivity index (χ1) is 13.0. The van der Waals surface area contributed by atoms with Crippen LogP contribution in [0.4, 0.5) is 11.4 Å². The van der Waals surface area contributed by atoms with Crippen LogP contribution in [0.25, 0.3) is 0 Å². The van der Waals surface area contributed by atoms with Crippen molar-refractivity contribution in [1.29, 1.82) is 0 Å². The smallest absolute Gasteiger partial charge is 0.253 e. The molecule has 0 aliphatic carbocycles. The van der Waals surface area contributed by atoms with Crippen LogP contribution in [0.15, 0.2) is 42.5 Å². The summed E-state index contributed by atoms with van der Waals surface area (Å²) in [5.41, 5.74) is 4.31. The maximum absolute atomic E-state index is 12.8. The van der Waals surface area contributed by atoms with Crippen LogP contribution in [0.1, 0.15) is 28.4 Å². The molecule has 2 aromatic rings. The van der Waals surface area contributed by atoms with Crippen LogP contribution in [0, 0.1) is 6.92 Å². The third-order valence-corrected chi connectivity index (χ3v) is 4.45. The normalized spacial score (nSPS) is 13.9. The fraction of sp³-hybridized carbons (Fsp3) is 0.333. The molecular formula is C21H25N3O3. The highest BCUT2D eigenvalue weighted by Crippen LogP contribution is 2.26. The van der Waals surface area contributed by atoms with Crippen LogP contribution < -0.4 is 15.5 Å². The number of hydrogen-bond donors (Lipinski definition) is 2. The lowest BCUT2D eigenvalue weighted by Crippen LogP contribution is -2.38. The number of ether oxygens (including phenoxy) is 1. The summed E-state index contributed by atoms with van der Waals surface area (Å²) < 4.78 is 5.42. The summed E-state index contributed by atoms with van der Waals surface area (Å²) in [6, 6.07) is 13.4. The third kappa shape index (κ3) is 5.08. The van der Waals surface area contributed by atoms with E-state index in [1.165, 1.54) is 6.92 Å². The number of carbonyl (C=O) groups excluding carboxylic acids is 2. The number of aryl methyl sites for hydroxylation is 1. The number of nitrogens with zero attached hydrogens (tertiary/aromatic N) is 1. The standard InChI is InChI=1S/C21H25N3O3/c1-15-4-3-5-17(12-15)14-22-21(26)19-7-6-18(23-16(2)25)13-20(19)24-8-10-27-11-9-24/h3-7,12-13H,8-11,14H2,1-2H3,(H,22,26)(H,23,25). The molecule has 0 spiro atoms. The molecule has 0 aromatic heterocycles. The monoisotopic (exact) mass is 367 g/mol. The lowest BCUT2D eigenvalue weighted by atomic mass is 10.1. The van der Waals surface area contributed by atoms with Crippen molar-refractivity contribution in [2.24, 2.45) is 0 Å². The zero-order valence-corrected chi connectivity index (χ0v) is 15.7. The molecule has 2 amide bonds. The molecule has 1 fully saturated rings. The molecule has 2 aromatic carbocycles. The first-order valence-corrected chi connectivity index (χ1v) is 9.11. The summed E-state index contributed by atoms with van der Waals surface area (Å²) in [4.78, 5) is 26.3. The Bertz CT molecular complexity index is 829. The maximum atomic E-state index is 12.8. The first kappa shape index (κ1) is 18.9. The van der Waals surface area contributed by atoms with Gasteiger partial charge in [-0.2, -0.15) is 0 Å². The van der Waals surface area contributed by atoms with E-state index in [1.807, 2.05) is 31.2 Å². The minimum Gasteiger partial charge on any atom is -0.378 e. The van der Waals surface area contributed by atoms with Crippen LogP contribution in [-0.2, 0) is 16.1 Å². The molecule has 1 saturated heterocycles. The highest BCUT2D eigenvalue weighted by molar-refractivity contribution is 6.01. The molecule has 2 N–H and O–H groups in total. The van der Waals surface area contributed by atoms with Gasteiger partial charge < -0.3 is 20.3 Å². The number of nitrogens with one attached hydrogen (secondary N) is 2. The molecule has 0 bridgehead atoms. The lowest BCUT2D eigenvalue weighted by molar-refractivity contribution is -0.114. The van der Waals surface area contributed by atoms with E-state index >= 15 is 0 Å². The van der Waals surface area contributed by atoms with Crippen molar-refractivity contribution in [3.8, 4) is 0 Å². The van der Waals surface area contributed by atoms with Gasteiger partial charge in [0.25, 0.3) is 5.91 Å². The van der Waals surface area contributed by atoms with E-state index in [0.29, 0.717) is 44.1 Å². The molecule has 1 aliphatic heterocycles. The topological polar surface area (TPSA) is 70.7 Å². The van der Waals surface area contributed by atoms with Crippen LogP contribution in [0.3, 0.4) is 0 Å². The predicted molar refractivity (Wildman–Crippen MR) is 106 cm³/mol. The highest BCUT2D eigenvalue weighted by Gasteiger charge is 2.19. The van der Waals surface area contributed by atoms with Gasteiger partial charge in [-0.05, 0) is 30.7 Å². The Labute approximate surface area is 159 Å². The number of rotatable bonds is 5. The van der Waals surface area contributed by atoms with Crippen LogP contribution in [0.2, 0.25) is 0 Å². The Hall–Kier alpha value is -2.86. The fourth-order valence-corrected chi connectivity index (χ4v) is 3.17. The van der Waals surface area contributed by atoms with E-state index in [1.54, 1.807) is 12.1 Å². The van der Waals surface area contributed by atoms with Crippen molar-refractivity contribution < 1.29 is 14.3 Å². The third-order valence-electron chi connectivity index (χ3n) is 4.45. The summed E-state index contributed by atoms with van der Waals surface area (Å²) in [5.74, 6) is -0.271. The molecule has 1 aliphatic rings. The average Bonchev–Trinajstić information content (AvgIpc) is 2.66. The second-order valence-corrected chi connectivity index (χ2v) is 6.68. The second kappa shape index (κ2) is 8.68. The van der Waals surface area contributed by atoms with Crippen molar-refractivity contribution in [2.75, 3.05) is 36.5 Å². The van der Waals surface area contributed by atoms with Crippen LogP contribution >= 0.6 is 0 Å². The molecule has 27 heavy (non-hydrogen) atoms. The van der Waals surface area contributed by atoms with Crippen molar-refractivity contribution >= 4 is 23.2 Å². The molecule has 0 saturated carbocycles. The van der Waals surface area contributed by atoms with E-state index in [-0.39, 0.29) is 11.8 Å². The van der Waals surface area contributed by atoms with Gasteiger partial charge in [0.15, 0.2) is 0 Å². The molecule has 6 heteroatoms. The van der Waals surface area contributed by atoms with E-state index in [0.717, 1.165) is 16.8 Å². The summed E-state index contributed by atoms with van der Waals surface area (Å²) in [5, 5.41) is 5.78. The maximum Gasteiger partial charge on any atom is 0.253 e. The molecule has 142 valence electrons. The molecule has 0 unspecified atom stereocenters. The van der Waals surface area contributed by atoms with Crippen molar-refractivity contribution in [3.05, 3.63) is 59.2 Å². The minimum absolute atomic E-state index is 0.132. The summed E-state index contributed by atoms with van der Waals surface area (Å²) in [6.45, 7) is 6.63. The quantitative estimate of drug-likeness (QED) is 0.852. The fourth-order valence-electron chi connectivity index (χ4n) is 3.17. The number of hydrogen-bond acceptors (Lipinski definition) is 4. The Morgan fingerprint density at radius 3 is 2.59 bits per heavy atom. The van der Waals surface area contributed by atoms with Gasteiger partial charge in [-0.1, -0.05) is 29.8 Å². The predicted octanol–water partition coefficient (Wildman–Crippen LogP) is 2.72. The zero-order chi connectivity index (χ0) is 19.2. The number of benzene rings is 2. The largest absolute Gasteiger partial charge is 0.378 e. The second-order valence-electron chi connectivity index (χ2n) is 6.68. The van der Waals surface area contributed by atoms with Gasteiger partial charge in [-0.15, -0.1) is 0 Å². The Kier molecular flexibility index (Phi) is 6.08. The molecule has 6 nitrogen and oxygen atoms in total. The average molecular weight is 367 g/mol. The lowest BCUT2D eigenvalue weighted by Gasteiger charge is -2.30. The molecule has 0 radical (unpaired) electrons. The number of anilines is 2.